The maximum absolute atomic E-state index is 12.9. The molecule has 1 saturated heterocycles. The van der Waals surface area contributed by atoms with Crippen molar-refractivity contribution >= 4 is 11.8 Å². The van der Waals surface area contributed by atoms with E-state index in [-0.39, 0.29) is 18.4 Å². The monoisotopic (exact) mass is 402 g/mol. The number of imidazole rings is 1. The highest BCUT2D eigenvalue weighted by Gasteiger charge is 2.49. The van der Waals surface area contributed by atoms with Crippen LogP contribution < -0.4 is 0 Å². The van der Waals surface area contributed by atoms with E-state index in [0.29, 0.717) is 50.6 Å². The van der Waals surface area contributed by atoms with Gasteiger partial charge in [0.15, 0.2) is 5.76 Å². The van der Waals surface area contributed by atoms with Gasteiger partial charge in [-0.3, -0.25) is 9.59 Å². The van der Waals surface area contributed by atoms with Crippen molar-refractivity contribution in [2.45, 2.75) is 31.4 Å². The van der Waals surface area contributed by atoms with Gasteiger partial charge < -0.3 is 28.7 Å². The first-order valence-corrected chi connectivity index (χ1v) is 9.78. The van der Waals surface area contributed by atoms with Crippen molar-refractivity contribution in [1.29, 1.82) is 0 Å². The fourth-order valence-corrected chi connectivity index (χ4v) is 4.50. The Balaban J connectivity index is 1.53. The standard InChI is InChI=1S/C20H26N4O5/c1-27-11-14-3-4-16(29-14)19(26)23-9-6-20(7-10-23)18-15(21-13-22-18)5-8-24(20)17(25)12-28-2/h3-4,13H,5-12H2,1-2H3,(H,21,22). The van der Waals surface area contributed by atoms with Crippen LogP contribution in [0.2, 0.25) is 0 Å². The molecule has 2 aromatic heterocycles. The van der Waals surface area contributed by atoms with E-state index >= 15 is 0 Å². The summed E-state index contributed by atoms with van der Waals surface area (Å²) in [5, 5.41) is 0. The lowest BCUT2D eigenvalue weighted by molar-refractivity contribution is -0.145. The summed E-state index contributed by atoms with van der Waals surface area (Å²) in [6.45, 7) is 2.02. The molecule has 29 heavy (non-hydrogen) atoms. The Morgan fingerprint density at radius 2 is 2.00 bits per heavy atom. The molecule has 156 valence electrons. The lowest BCUT2D eigenvalue weighted by atomic mass is 9.78. The lowest BCUT2D eigenvalue weighted by Crippen LogP contribution is -2.59. The van der Waals surface area contributed by atoms with E-state index in [4.69, 9.17) is 13.9 Å². The van der Waals surface area contributed by atoms with Crippen molar-refractivity contribution in [3.63, 3.8) is 0 Å². The predicted octanol–water partition coefficient (Wildman–Crippen LogP) is 1.31. The van der Waals surface area contributed by atoms with Gasteiger partial charge in [-0.15, -0.1) is 0 Å². The predicted molar refractivity (Wildman–Crippen MR) is 102 cm³/mol. The summed E-state index contributed by atoms with van der Waals surface area (Å²) in [6.07, 6.45) is 3.67. The van der Waals surface area contributed by atoms with Crippen LogP contribution in [0.15, 0.2) is 22.9 Å². The molecule has 2 aliphatic rings. The summed E-state index contributed by atoms with van der Waals surface area (Å²) >= 11 is 0. The minimum Gasteiger partial charge on any atom is -0.453 e. The Morgan fingerprint density at radius 1 is 1.21 bits per heavy atom. The van der Waals surface area contributed by atoms with Gasteiger partial charge in [0.05, 0.1) is 17.6 Å². The van der Waals surface area contributed by atoms with Crippen LogP contribution in [0.4, 0.5) is 0 Å². The van der Waals surface area contributed by atoms with Gasteiger partial charge in [-0.05, 0) is 25.0 Å². The van der Waals surface area contributed by atoms with Crippen LogP contribution >= 0.6 is 0 Å². The fraction of sp³-hybridized carbons (Fsp3) is 0.550. The van der Waals surface area contributed by atoms with Gasteiger partial charge in [-0.25, -0.2) is 4.98 Å². The Bertz CT molecular complexity index is 881. The van der Waals surface area contributed by atoms with Crippen molar-refractivity contribution < 1.29 is 23.5 Å². The average Bonchev–Trinajstić information content (AvgIpc) is 3.39. The number of aromatic amines is 1. The number of hydrogen-bond donors (Lipinski definition) is 1. The molecule has 2 amide bonds. The van der Waals surface area contributed by atoms with Gasteiger partial charge in [-0.2, -0.15) is 0 Å². The number of rotatable bonds is 5. The SMILES string of the molecule is COCC(=O)N1CCc2[nH]cnc2C12CCN(C(=O)c1ccc(COC)o1)CC2. The third-order valence-electron chi connectivity index (χ3n) is 5.87. The third-order valence-corrected chi connectivity index (χ3v) is 5.87. The molecule has 0 atom stereocenters. The van der Waals surface area contributed by atoms with Gasteiger partial charge in [0, 0.05) is 46.0 Å². The van der Waals surface area contributed by atoms with E-state index < -0.39 is 5.54 Å². The summed E-state index contributed by atoms with van der Waals surface area (Å²) < 4.78 is 15.7. The van der Waals surface area contributed by atoms with Crippen molar-refractivity contribution in [1.82, 2.24) is 19.8 Å². The average molecular weight is 402 g/mol. The molecule has 2 aliphatic heterocycles. The van der Waals surface area contributed by atoms with Crippen LogP contribution in [0, 0.1) is 0 Å². The first-order valence-electron chi connectivity index (χ1n) is 9.78. The number of likely N-dealkylation sites (tertiary alicyclic amines) is 1. The number of fused-ring (bicyclic) bond motifs is 2. The fourth-order valence-electron chi connectivity index (χ4n) is 4.50. The highest BCUT2D eigenvalue weighted by atomic mass is 16.5. The van der Waals surface area contributed by atoms with Crippen molar-refractivity contribution in [2.75, 3.05) is 40.5 Å². The van der Waals surface area contributed by atoms with E-state index in [2.05, 4.69) is 9.97 Å². The second-order valence-electron chi connectivity index (χ2n) is 7.48. The van der Waals surface area contributed by atoms with E-state index in [1.807, 2.05) is 4.90 Å². The van der Waals surface area contributed by atoms with Crippen molar-refractivity contribution in [3.8, 4) is 0 Å². The maximum Gasteiger partial charge on any atom is 0.289 e. The second-order valence-corrected chi connectivity index (χ2v) is 7.48. The number of nitrogens with one attached hydrogen (secondary N) is 1. The number of carbonyl (C=O) groups is 2. The van der Waals surface area contributed by atoms with Gasteiger partial charge in [-0.1, -0.05) is 0 Å². The minimum atomic E-state index is -0.510. The number of amides is 2. The Labute approximate surface area is 169 Å². The number of nitrogens with zero attached hydrogens (tertiary/aromatic N) is 3. The number of aromatic nitrogens is 2. The van der Waals surface area contributed by atoms with E-state index in [1.54, 1.807) is 30.5 Å². The summed E-state index contributed by atoms with van der Waals surface area (Å²) in [7, 11) is 3.11. The molecule has 0 aliphatic carbocycles. The molecule has 4 heterocycles. The van der Waals surface area contributed by atoms with Gasteiger partial charge in [0.2, 0.25) is 5.91 Å². The highest BCUT2D eigenvalue weighted by molar-refractivity contribution is 5.91. The summed E-state index contributed by atoms with van der Waals surface area (Å²) in [5.41, 5.74) is 1.48. The molecule has 1 spiro atoms. The molecule has 1 fully saturated rings. The number of furan rings is 1. The summed E-state index contributed by atoms with van der Waals surface area (Å²) in [6, 6.07) is 3.44. The molecule has 0 unspecified atom stereocenters. The zero-order valence-electron chi connectivity index (χ0n) is 16.8. The van der Waals surface area contributed by atoms with Crippen molar-refractivity contribution in [3.05, 3.63) is 41.4 Å². The molecule has 9 nitrogen and oxygen atoms in total. The Morgan fingerprint density at radius 3 is 2.72 bits per heavy atom. The van der Waals surface area contributed by atoms with Gasteiger partial charge >= 0.3 is 0 Å². The van der Waals surface area contributed by atoms with E-state index in [9.17, 15) is 9.59 Å². The molecule has 4 rings (SSSR count). The molecule has 9 heteroatoms. The van der Waals surface area contributed by atoms with Gasteiger partial charge in [0.1, 0.15) is 19.0 Å². The molecular weight excluding hydrogens is 376 g/mol. The first-order chi connectivity index (χ1) is 14.1. The topological polar surface area (TPSA) is 101 Å². The van der Waals surface area contributed by atoms with Crippen LogP contribution in [0.25, 0.3) is 0 Å². The smallest absolute Gasteiger partial charge is 0.289 e. The molecule has 0 saturated carbocycles. The van der Waals surface area contributed by atoms with Crippen LogP contribution in [-0.4, -0.2) is 72.0 Å². The number of H-pyrrole nitrogens is 1. The number of methoxy groups -OCH3 is 2. The summed E-state index contributed by atoms with van der Waals surface area (Å²) in [4.78, 5) is 37.1. The second kappa shape index (κ2) is 8.00. The largest absolute Gasteiger partial charge is 0.453 e. The molecule has 2 aromatic rings. The zero-order valence-corrected chi connectivity index (χ0v) is 16.8. The van der Waals surface area contributed by atoms with E-state index in [1.165, 1.54) is 7.11 Å². The summed E-state index contributed by atoms with van der Waals surface area (Å²) in [5.74, 6) is 0.740. The highest BCUT2D eigenvalue weighted by Crippen LogP contribution is 2.42. The molecule has 0 aromatic carbocycles. The number of piperidine rings is 1. The normalized spacial score (nSPS) is 18.1. The molecule has 0 radical (unpaired) electrons. The Kier molecular flexibility index (Phi) is 5.42. The van der Waals surface area contributed by atoms with Crippen molar-refractivity contribution in [2.24, 2.45) is 0 Å². The minimum absolute atomic E-state index is 0.0405. The zero-order chi connectivity index (χ0) is 20.4. The molecular formula is C20H26N4O5. The molecule has 0 bridgehead atoms. The van der Waals surface area contributed by atoms with Gasteiger partial charge in [0.25, 0.3) is 5.91 Å². The Hall–Kier alpha value is -2.65. The quantitative estimate of drug-likeness (QED) is 0.809. The molecule has 1 N–H and O–H groups in total. The van der Waals surface area contributed by atoms with E-state index in [0.717, 1.165) is 17.8 Å². The van der Waals surface area contributed by atoms with Crippen LogP contribution in [0.1, 0.15) is 40.5 Å². The number of carbonyl (C=O) groups excluding carboxylic acids is 2. The number of ether oxygens (including phenoxy) is 2. The van der Waals surface area contributed by atoms with Crippen LogP contribution in [0.5, 0.6) is 0 Å². The third kappa shape index (κ3) is 3.44. The van der Waals surface area contributed by atoms with Crippen LogP contribution in [0.3, 0.4) is 0 Å². The maximum atomic E-state index is 12.9. The number of hydrogen-bond acceptors (Lipinski definition) is 6. The van der Waals surface area contributed by atoms with Crippen LogP contribution in [-0.2, 0) is 32.8 Å². The lowest BCUT2D eigenvalue weighted by Gasteiger charge is -2.50. The first kappa shape index (κ1) is 19.7.